The monoisotopic (exact) mass is 952 g/mol. The number of rotatable bonds is 9. The van der Waals surface area contributed by atoms with Gasteiger partial charge in [-0.3, -0.25) is 0 Å². The molecule has 0 fully saturated rings. The lowest BCUT2D eigenvalue weighted by molar-refractivity contribution is 1.28. The molecule has 0 N–H and O–H groups in total. The zero-order valence-corrected chi connectivity index (χ0v) is 40.7. The summed E-state index contributed by atoms with van der Waals surface area (Å²) in [6, 6.07) is 98.0. The molecule has 0 saturated heterocycles. The van der Waals surface area contributed by atoms with E-state index in [-0.39, 0.29) is 0 Å². The highest BCUT2D eigenvalue weighted by atomic mass is 32.1. The second-order valence-corrected chi connectivity index (χ2v) is 20.7. The van der Waals surface area contributed by atoms with Crippen molar-refractivity contribution in [2.75, 3.05) is 9.80 Å². The molecule has 0 unspecified atom stereocenters. The van der Waals surface area contributed by atoms with Crippen LogP contribution in [0.5, 0.6) is 0 Å². The van der Waals surface area contributed by atoms with Crippen molar-refractivity contribution in [1.29, 1.82) is 0 Å². The minimum absolute atomic E-state index is 1.09. The van der Waals surface area contributed by atoms with Crippen molar-refractivity contribution >= 4 is 119 Å². The van der Waals surface area contributed by atoms with Crippen LogP contribution in [0.15, 0.2) is 267 Å². The van der Waals surface area contributed by atoms with E-state index < -0.39 is 0 Å². The van der Waals surface area contributed by atoms with Crippen LogP contribution in [0.1, 0.15) is 0 Å². The molecule has 0 bridgehead atoms. The summed E-state index contributed by atoms with van der Waals surface area (Å²) in [5.41, 5.74) is 13.6. The predicted octanol–water partition coefficient (Wildman–Crippen LogP) is 20.7. The first-order valence-electron chi connectivity index (χ1n) is 24.5. The van der Waals surface area contributed by atoms with E-state index in [0.29, 0.717) is 0 Å². The minimum atomic E-state index is 1.09. The van der Waals surface area contributed by atoms with Gasteiger partial charge in [0.2, 0.25) is 0 Å². The van der Waals surface area contributed by atoms with E-state index >= 15 is 0 Å². The predicted molar refractivity (Wildman–Crippen MR) is 313 cm³/mol. The molecule has 4 heteroatoms. The number of benzene rings is 12. The van der Waals surface area contributed by atoms with Gasteiger partial charge in [0.15, 0.2) is 0 Å². The van der Waals surface area contributed by atoms with Gasteiger partial charge in [-0.1, -0.05) is 182 Å². The van der Waals surface area contributed by atoms with Crippen LogP contribution >= 0.6 is 22.7 Å². The fraction of sp³-hybridized carbons (Fsp3) is 0. The van der Waals surface area contributed by atoms with E-state index in [1.165, 1.54) is 84.1 Å². The SMILES string of the molecule is c1ccc(-c2ccc(N(c3cccc(-c4cccc(N(c5cccc(-c6ccc7ccccc7c6)c5)c5ccc6c(c5)sc5ccccc56)c4)c3)c3ccc4c(c3)sc3c5ccccc5ccc43)cc2)cc1. The molecule has 0 aliphatic rings. The quantitative estimate of drug-likeness (QED) is 0.142. The van der Waals surface area contributed by atoms with E-state index in [0.717, 1.165) is 45.3 Å². The topological polar surface area (TPSA) is 6.48 Å². The molecule has 72 heavy (non-hydrogen) atoms. The Kier molecular flexibility index (Phi) is 10.3. The Balaban J connectivity index is 0.892. The minimum Gasteiger partial charge on any atom is -0.310 e. The lowest BCUT2D eigenvalue weighted by Crippen LogP contribution is -2.10. The van der Waals surface area contributed by atoms with Crippen LogP contribution < -0.4 is 9.80 Å². The van der Waals surface area contributed by atoms with Crippen LogP contribution in [0.25, 0.3) is 95.3 Å². The molecular formula is C68H44N2S2. The van der Waals surface area contributed by atoms with Gasteiger partial charge in [0.25, 0.3) is 0 Å². The van der Waals surface area contributed by atoms with Gasteiger partial charge in [-0.05, 0) is 140 Å². The first kappa shape index (κ1) is 42.1. The van der Waals surface area contributed by atoms with Crippen molar-refractivity contribution in [2.24, 2.45) is 0 Å². The van der Waals surface area contributed by atoms with Gasteiger partial charge >= 0.3 is 0 Å². The molecule has 0 saturated carbocycles. The van der Waals surface area contributed by atoms with Gasteiger partial charge in [-0.2, -0.15) is 0 Å². The van der Waals surface area contributed by atoms with Crippen molar-refractivity contribution in [3.05, 3.63) is 267 Å². The number of nitrogens with zero attached hydrogens (tertiary/aromatic N) is 2. The summed E-state index contributed by atoms with van der Waals surface area (Å²) in [7, 11) is 0. The second-order valence-electron chi connectivity index (χ2n) is 18.5. The molecule has 338 valence electrons. The maximum atomic E-state index is 2.42. The summed E-state index contributed by atoms with van der Waals surface area (Å²) >= 11 is 3.74. The standard InChI is InChI=1S/C68H44N2S2/c1-2-13-45(14-3-1)47-29-32-54(33-30-47)69(58-35-38-63-64-36-31-48-16-6-7-24-60(48)68(64)72-67(63)44-58)55-21-10-18-50(40-55)51-19-11-22-56(41-51)70(59-34-37-62-61-25-8-9-26-65(61)71-66(62)43-59)57-23-12-20-52(42-57)53-28-27-46-15-4-5-17-49(46)39-53/h1-44H. The highest BCUT2D eigenvalue weighted by Crippen LogP contribution is 2.46. The lowest BCUT2D eigenvalue weighted by atomic mass is 10.00. The van der Waals surface area contributed by atoms with E-state index in [4.69, 9.17) is 0 Å². The molecule has 0 radical (unpaired) electrons. The van der Waals surface area contributed by atoms with E-state index in [9.17, 15) is 0 Å². The molecule has 0 atom stereocenters. The number of hydrogen-bond acceptors (Lipinski definition) is 4. The van der Waals surface area contributed by atoms with E-state index in [2.05, 4.69) is 277 Å². The third-order valence-electron chi connectivity index (χ3n) is 14.2. The molecule has 12 aromatic carbocycles. The molecule has 0 spiro atoms. The Labute approximate surface area is 426 Å². The molecular weight excluding hydrogens is 909 g/mol. The molecule has 2 nitrogen and oxygen atoms in total. The van der Waals surface area contributed by atoms with Crippen molar-refractivity contribution < 1.29 is 0 Å². The van der Waals surface area contributed by atoms with Gasteiger partial charge in [-0.15, -0.1) is 22.7 Å². The summed E-state index contributed by atoms with van der Waals surface area (Å²) in [4.78, 5) is 4.83. The Morgan fingerprint density at radius 1 is 0.208 bits per heavy atom. The normalized spacial score (nSPS) is 11.6. The molecule has 0 aliphatic carbocycles. The first-order chi connectivity index (χ1) is 35.6. The fourth-order valence-electron chi connectivity index (χ4n) is 10.7. The van der Waals surface area contributed by atoms with Crippen LogP contribution in [0.4, 0.5) is 34.1 Å². The lowest BCUT2D eigenvalue weighted by Gasteiger charge is -2.27. The number of hydrogen-bond donors (Lipinski definition) is 0. The second kappa shape index (κ2) is 17.6. The maximum absolute atomic E-state index is 2.42. The third kappa shape index (κ3) is 7.48. The summed E-state index contributed by atoms with van der Waals surface area (Å²) in [5.74, 6) is 0. The Morgan fingerprint density at radius 3 is 1.32 bits per heavy atom. The molecule has 0 amide bonds. The van der Waals surface area contributed by atoms with E-state index in [1.807, 2.05) is 22.7 Å². The Bertz CT molecular complexity index is 4360. The maximum Gasteiger partial charge on any atom is 0.0476 e. The van der Waals surface area contributed by atoms with E-state index in [1.54, 1.807) is 0 Å². The van der Waals surface area contributed by atoms with Crippen LogP contribution in [0.3, 0.4) is 0 Å². The van der Waals surface area contributed by atoms with Crippen molar-refractivity contribution in [3.63, 3.8) is 0 Å². The molecule has 2 heterocycles. The van der Waals surface area contributed by atoms with Gasteiger partial charge in [0.05, 0.1) is 0 Å². The van der Waals surface area contributed by atoms with Crippen LogP contribution in [-0.4, -0.2) is 0 Å². The van der Waals surface area contributed by atoms with Crippen molar-refractivity contribution in [1.82, 2.24) is 0 Å². The fourth-order valence-corrected chi connectivity index (χ4v) is 13.1. The highest BCUT2D eigenvalue weighted by molar-refractivity contribution is 7.27. The van der Waals surface area contributed by atoms with Gasteiger partial charge in [0, 0.05) is 74.5 Å². The largest absolute Gasteiger partial charge is 0.310 e. The van der Waals surface area contributed by atoms with Crippen LogP contribution in [0, 0.1) is 0 Å². The van der Waals surface area contributed by atoms with Crippen LogP contribution in [0.2, 0.25) is 0 Å². The molecule has 2 aromatic heterocycles. The smallest absolute Gasteiger partial charge is 0.0476 e. The molecule has 0 aliphatic heterocycles. The summed E-state index contributed by atoms with van der Waals surface area (Å²) in [6.45, 7) is 0. The zero-order chi connectivity index (χ0) is 47.5. The Morgan fingerprint density at radius 2 is 0.639 bits per heavy atom. The average molecular weight is 953 g/mol. The Hall–Kier alpha value is -8.80. The highest BCUT2D eigenvalue weighted by Gasteiger charge is 2.20. The molecule has 14 aromatic rings. The molecule has 14 rings (SSSR count). The number of thiophene rings is 2. The number of fused-ring (bicyclic) bond motifs is 9. The summed E-state index contributed by atoms with van der Waals surface area (Å²) in [5, 5.41) is 10.2. The number of anilines is 6. The van der Waals surface area contributed by atoms with Crippen molar-refractivity contribution in [3.8, 4) is 33.4 Å². The first-order valence-corrected chi connectivity index (χ1v) is 26.1. The summed E-state index contributed by atoms with van der Waals surface area (Å²) in [6.07, 6.45) is 0. The van der Waals surface area contributed by atoms with Crippen molar-refractivity contribution in [2.45, 2.75) is 0 Å². The van der Waals surface area contributed by atoms with Gasteiger partial charge < -0.3 is 9.80 Å². The third-order valence-corrected chi connectivity index (χ3v) is 16.5. The zero-order valence-electron chi connectivity index (χ0n) is 39.1. The summed E-state index contributed by atoms with van der Waals surface area (Å²) < 4.78 is 5.17. The van der Waals surface area contributed by atoms with Gasteiger partial charge in [0.1, 0.15) is 0 Å². The van der Waals surface area contributed by atoms with Gasteiger partial charge in [-0.25, -0.2) is 0 Å². The average Bonchev–Trinajstić information content (AvgIpc) is 4.02. The van der Waals surface area contributed by atoms with Crippen LogP contribution in [-0.2, 0) is 0 Å².